The van der Waals surface area contributed by atoms with Crippen molar-refractivity contribution in [3.8, 4) is 0 Å². The van der Waals surface area contributed by atoms with E-state index in [-0.39, 0.29) is 22.7 Å². The summed E-state index contributed by atoms with van der Waals surface area (Å²) in [5.41, 5.74) is -1.05. The fraction of sp³-hybridized carbons (Fsp3) is 0.500. The largest absolute Gasteiger partial charge is 0.328 e. The number of hydrogen-bond donors (Lipinski definition) is 1. The number of nitrogens with one attached hydrogen (secondary N) is 1. The molecule has 1 aromatic rings. The van der Waals surface area contributed by atoms with E-state index in [9.17, 15) is 14.4 Å². The van der Waals surface area contributed by atoms with Gasteiger partial charge in [0.15, 0.2) is 5.78 Å². The topological polar surface area (TPSA) is 71.9 Å². The SMILES string of the molecule is CCC(C)C(=O)Cn1cc(Br)c(=O)[nH]c1=O. The van der Waals surface area contributed by atoms with E-state index in [0.29, 0.717) is 0 Å². The molecule has 88 valence electrons. The predicted molar refractivity (Wildman–Crippen MR) is 63.5 cm³/mol. The molecule has 0 aliphatic carbocycles. The van der Waals surface area contributed by atoms with E-state index < -0.39 is 11.2 Å². The molecule has 1 aromatic heterocycles. The van der Waals surface area contributed by atoms with Gasteiger partial charge in [0.05, 0.1) is 11.0 Å². The Morgan fingerprint density at radius 2 is 2.19 bits per heavy atom. The van der Waals surface area contributed by atoms with Crippen LogP contribution in [0.3, 0.4) is 0 Å². The highest BCUT2D eigenvalue weighted by Gasteiger charge is 2.12. The van der Waals surface area contributed by atoms with Crippen LogP contribution in [0.1, 0.15) is 20.3 Å². The lowest BCUT2D eigenvalue weighted by Crippen LogP contribution is -2.33. The van der Waals surface area contributed by atoms with Gasteiger partial charge in [-0.1, -0.05) is 13.8 Å². The molecule has 0 fully saturated rings. The Kier molecular flexibility index (Phi) is 4.23. The molecule has 1 rings (SSSR count). The van der Waals surface area contributed by atoms with Crippen LogP contribution in [0.25, 0.3) is 0 Å². The highest BCUT2D eigenvalue weighted by molar-refractivity contribution is 9.10. The second-order valence-electron chi connectivity index (χ2n) is 3.64. The molecule has 0 radical (unpaired) electrons. The minimum absolute atomic E-state index is 0.0107. The van der Waals surface area contributed by atoms with Crippen LogP contribution in [0.5, 0.6) is 0 Å². The van der Waals surface area contributed by atoms with Gasteiger partial charge in [0, 0.05) is 12.1 Å². The van der Waals surface area contributed by atoms with Gasteiger partial charge in [-0.3, -0.25) is 19.1 Å². The van der Waals surface area contributed by atoms with Crippen LogP contribution in [0.2, 0.25) is 0 Å². The van der Waals surface area contributed by atoms with Crippen molar-refractivity contribution in [1.29, 1.82) is 0 Å². The first-order valence-electron chi connectivity index (χ1n) is 4.97. The zero-order chi connectivity index (χ0) is 12.3. The van der Waals surface area contributed by atoms with Gasteiger partial charge < -0.3 is 0 Å². The van der Waals surface area contributed by atoms with E-state index in [2.05, 4.69) is 20.9 Å². The highest BCUT2D eigenvalue weighted by Crippen LogP contribution is 2.04. The summed E-state index contributed by atoms with van der Waals surface area (Å²) in [7, 11) is 0. The van der Waals surface area contributed by atoms with Crippen LogP contribution in [-0.2, 0) is 11.3 Å². The van der Waals surface area contributed by atoms with Crippen LogP contribution in [0.4, 0.5) is 0 Å². The molecule has 0 aliphatic rings. The Balaban J connectivity index is 2.99. The van der Waals surface area contributed by atoms with Crippen molar-refractivity contribution < 1.29 is 4.79 Å². The molecule has 0 amide bonds. The molecule has 5 nitrogen and oxygen atoms in total. The molecule has 1 atom stereocenters. The third kappa shape index (κ3) is 2.91. The van der Waals surface area contributed by atoms with Crippen LogP contribution in [0.15, 0.2) is 20.3 Å². The highest BCUT2D eigenvalue weighted by atomic mass is 79.9. The molecule has 16 heavy (non-hydrogen) atoms. The van der Waals surface area contributed by atoms with Gasteiger partial charge in [0.1, 0.15) is 0 Å². The maximum atomic E-state index is 11.6. The average Bonchev–Trinajstić information content (AvgIpc) is 2.24. The van der Waals surface area contributed by atoms with Gasteiger partial charge in [-0.25, -0.2) is 4.79 Å². The number of rotatable bonds is 4. The Hall–Kier alpha value is -1.17. The summed E-state index contributed by atoms with van der Waals surface area (Å²) < 4.78 is 1.43. The van der Waals surface area contributed by atoms with E-state index in [1.165, 1.54) is 10.8 Å². The Morgan fingerprint density at radius 1 is 1.56 bits per heavy atom. The summed E-state index contributed by atoms with van der Waals surface area (Å²) in [4.78, 5) is 36.2. The lowest BCUT2D eigenvalue weighted by molar-refractivity contribution is -0.123. The van der Waals surface area contributed by atoms with Crippen LogP contribution < -0.4 is 11.2 Å². The van der Waals surface area contributed by atoms with Crippen molar-refractivity contribution in [2.75, 3.05) is 0 Å². The molecule has 1 N–H and O–H groups in total. The van der Waals surface area contributed by atoms with Gasteiger partial charge in [-0.05, 0) is 22.4 Å². The maximum absolute atomic E-state index is 11.6. The molecular formula is C10H13BrN2O3. The Labute approximate surface area is 101 Å². The molecule has 1 heterocycles. The van der Waals surface area contributed by atoms with Crippen molar-refractivity contribution in [3.63, 3.8) is 0 Å². The number of carbonyl (C=O) groups is 1. The lowest BCUT2D eigenvalue weighted by atomic mass is 10.0. The van der Waals surface area contributed by atoms with Gasteiger partial charge in [0.25, 0.3) is 5.56 Å². The van der Waals surface area contributed by atoms with Gasteiger partial charge >= 0.3 is 5.69 Å². The van der Waals surface area contributed by atoms with Crippen LogP contribution in [-0.4, -0.2) is 15.3 Å². The second-order valence-corrected chi connectivity index (χ2v) is 4.49. The van der Waals surface area contributed by atoms with E-state index >= 15 is 0 Å². The third-order valence-corrected chi connectivity index (χ3v) is 3.02. The maximum Gasteiger partial charge on any atom is 0.328 e. The van der Waals surface area contributed by atoms with Crippen molar-refractivity contribution >= 4 is 21.7 Å². The second kappa shape index (κ2) is 5.25. The summed E-state index contributed by atoms with van der Waals surface area (Å²) in [5, 5.41) is 0. The predicted octanol–water partition coefficient (Wildman–Crippen LogP) is 0.914. The first kappa shape index (κ1) is 12.9. The molecule has 0 spiro atoms. The number of aromatic nitrogens is 2. The number of hydrogen-bond acceptors (Lipinski definition) is 3. The van der Waals surface area contributed by atoms with Crippen LogP contribution >= 0.6 is 15.9 Å². The minimum atomic E-state index is -0.565. The van der Waals surface area contributed by atoms with Gasteiger partial charge in [-0.2, -0.15) is 0 Å². The number of aromatic amines is 1. The smallest absolute Gasteiger partial charge is 0.297 e. The van der Waals surface area contributed by atoms with E-state index in [0.717, 1.165) is 6.42 Å². The lowest BCUT2D eigenvalue weighted by Gasteiger charge is -2.08. The zero-order valence-corrected chi connectivity index (χ0v) is 10.7. The Bertz CT molecular complexity index is 504. The normalized spacial score (nSPS) is 12.4. The molecule has 0 saturated heterocycles. The first-order chi connectivity index (χ1) is 7.45. The van der Waals surface area contributed by atoms with E-state index in [4.69, 9.17) is 0 Å². The summed E-state index contributed by atoms with van der Waals surface area (Å²) in [6.45, 7) is 3.71. The summed E-state index contributed by atoms with van der Waals surface area (Å²) in [6.07, 6.45) is 2.07. The molecule has 1 unspecified atom stereocenters. The quantitative estimate of drug-likeness (QED) is 0.895. The first-order valence-corrected chi connectivity index (χ1v) is 5.77. The van der Waals surface area contributed by atoms with Crippen LogP contribution in [0, 0.1) is 5.92 Å². The Morgan fingerprint density at radius 3 is 2.75 bits per heavy atom. The fourth-order valence-corrected chi connectivity index (χ4v) is 1.50. The standard InChI is InChI=1S/C10H13BrN2O3/c1-3-6(2)8(14)5-13-4-7(11)9(15)12-10(13)16/h4,6H,3,5H2,1-2H3,(H,12,15,16). The number of halogens is 1. The number of nitrogens with zero attached hydrogens (tertiary/aromatic N) is 1. The number of H-pyrrole nitrogens is 1. The molecule has 0 aliphatic heterocycles. The van der Waals surface area contributed by atoms with Crippen molar-refractivity contribution in [3.05, 3.63) is 31.5 Å². The molecular weight excluding hydrogens is 276 g/mol. The van der Waals surface area contributed by atoms with E-state index in [1.54, 1.807) is 0 Å². The van der Waals surface area contributed by atoms with Gasteiger partial charge in [-0.15, -0.1) is 0 Å². The number of Topliss-reactive ketones (excluding diaryl/α,β-unsaturated/α-hetero) is 1. The summed E-state index contributed by atoms with van der Waals surface area (Å²) in [5.74, 6) is -0.110. The van der Waals surface area contributed by atoms with Crippen molar-refractivity contribution in [2.45, 2.75) is 26.8 Å². The fourth-order valence-electron chi connectivity index (χ4n) is 1.15. The van der Waals surface area contributed by atoms with Crippen molar-refractivity contribution in [2.24, 2.45) is 5.92 Å². The molecule has 0 aromatic carbocycles. The molecule has 6 heteroatoms. The average molecular weight is 289 g/mol. The van der Waals surface area contributed by atoms with Gasteiger partial charge in [0.2, 0.25) is 0 Å². The van der Waals surface area contributed by atoms with E-state index in [1.807, 2.05) is 13.8 Å². The summed E-state index contributed by atoms with van der Waals surface area (Å²) in [6, 6.07) is 0. The monoisotopic (exact) mass is 288 g/mol. The third-order valence-electron chi connectivity index (χ3n) is 2.46. The van der Waals surface area contributed by atoms with Crippen molar-refractivity contribution in [1.82, 2.24) is 9.55 Å². The number of ketones is 1. The molecule has 0 bridgehead atoms. The number of carbonyl (C=O) groups excluding carboxylic acids is 1. The summed E-state index contributed by atoms with van der Waals surface area (Å²) >= 11 is 3.01. The minimum Gasteiger partial charge on any atom is -0.297 e. The zero-order valence-electron chi connectivity index (χ0n) is 9.12. The molecule has 0 saturated carbocycles.